The summed E-state index contributed by atoms with van der Waals surface area (Å²) in [5.41, 5.74) is 5.97. The molecule has 82 valence electrons. The second kappa shape index (κ2) is 3.97. The van der Waals surface area contributed by atoms with Crippen LogP contribution in [0.3, 0.4) is 0 Å². The first kappa shape index (κ1) is 10.7. The van der Waals surface area contributed by atoms with Crippen LogP contribution in [0.4, 0.5) is 0 Å². The lowest BCUT2D eigenvalue weighted by Crippen LogP contribution is -2.10. The zero-order chi connectivity index (χ0) is 11.0. The highest BCUT2D eigenvalue weighted by atomic mass is 14.8. The summed E-state index contributed by atoms with van der Waals surface area (Å²) in [5, 5.41) is 3.28. The van der Waals surface area contributed by atoms with Crippen molar-refractivity contribution >= 4 is 0 Å². The molecule has 1 aliphatic rings. The summed E-state index contributed by atoms with van der Waals surface area (Å²) >= 11 is 0. The smallest absolute Gasteiger partial charge is 0.00174 e. The van der Waals surface area contributed by atoms with E-state index in [4.69, 9.17) is 0 Å². The molecule has 1 heteroatoms. The molecule has 2 atom stereocenters. The molecule has 0 heterocycles. The molecule has 0 amide bonds. The first-order valence-electron chi connectivity index (χ1n) is 5.86. The molecule has 1 N–H and O–H groups in total. The summed E-state index contributed by atoms with van der Waals surface area (Å²) in [5.74, 6) is 1.69. The van der Waals surface area contributed by atoms with Gasteiger partial charge in [0.25, 0.3) is 0 Å². The molecule has 1 aliphatic carbocycles. The maximum Gasteiger partial charge on any atom is -0.00174 e. The van der Waals surface area contributed by atoms with Gasteiger partial charge < -0.3 is 5.32 Å². The largest absolute Gasteiger partial charge is 0.319 e. The molecule has 1 aromatic carbocycles. The average Bonchev–Trinajstić information content (AvgIpc) is 2.82. The second-order valence-electron chi connectivity index (χ2n) is 4.97. The highest BCUT2D eigenvalue weighted by Crippen LogP contribution is 2.49. The molecule has 15 heavy (non-hydrogen) atoms. The molecule has 0 spiro atoms. The zero-order valence-corrected chi connectivity index (χ0v) is 10.2. The molecule has 1 aromatic rings. The van der Waals surface area contributed by atoms with Gasteiger partial charge in [-0.3, -0.25) is 0 Å². The minimum absolute atomic E-state index is 0.818. The van der Waals surface area contributed by atoms with Crippen LogP contribution in [-0.4, -0.2) is 13.6 Å². The third-order valence-electron chi connectivity index (χ3n) is 3.50. The van der Waals surface area contributed by atoms with Crippen molar-refractivity contribution in [3.8, 4) is 0 Å². The number of benzene rings is 1. The second-order valence-corrected chi connectivity index (χ2v) is 4.97. The third kappa shape index (κ3) is 2.07. The fourth-order valence-electron chi connectivity index (χ4n) is 2.86. The average molecular weight is 203 g/mol. The van der Waals surface area contributed by atoms with Gasteiger partial charge in [0, 0.05) is 0 Å². The van der Waals surface area contributed by atoms with E-state index >= 15 is 0 Å². The Morgan fingerprint density at radius 1 is 1.20 bits per heavy atom. The van der Waals surface area contributed by atoms with Crippen LogP contribution < -0.4 is 5.32 Å². The molecule has 1 fully saturated rings. The first-order valence-corrected chi connectivity index (χ1v) is 5.86. The molecule has 1 saturated carbocycles. The predicted molar refractivity (Wildman–Crippen MR) is 65.4 cm³/mol. The fourth-order valence-corrected chi connectivity index (χ4v) is 2.86. The first-order chi connectivity index (χ1) is 7.13. The monoisotopic (exact) mass is 203 g/mol. The van der Waals surface area contributed by atoms with Crippen molar-refractivity contribution in [2.24, 2.45) is 5.92 Å². The summed E-state index contributed by atoms with van der Waals surface area (Å²) in [7, 11) is 2.05. The number of hydrogen-bond donors (Lipinski definition) is 1. The molecule has 0 bridgehead atoms. The van der Waals surface area contributed by atoms with Crippen LogP contribution in [0.5, 0.6) is 0 Å². The number of hydrogen-bond acceptors (Lipinski definition) is 1. The number of rotatable bonds is 3. The van der Waals surface area contributed by atoms with Gasteiger partial charge in [0.2, 0.25) is 0 Å². The van der Waals surface area contributed by atoms with Gasteiger partial charge in [0.05, 0.1) is 0 Å². The highest BCUT2D eigenvalue weighted by Gasteiger charge is 2.39. The Bertz CT molecular complexity index is 345. The van der Waals surface area contributed by atoms with Crippen LogP contribution in [-0.2, 0) is 0 Å². The van der Waals surface area contributed by atoms with Crippen molar-refractivity contribution in [3.63, 3.8) is 0 Å². The van der Waals surface area contributed by atoms with Gasteiger partial charge in [-0.15, -0.1) is 0 Å². The molecular weight excluding hydrogens is 182 g/mol. The van der Waals surface area contributed by atoms with E-state index in [1.807, 2.05) is 7.05 Å². The molecule has 1 nitrogen and oxygen atoms in total. The Kier molecular flexibility index (Phi) is 2.83. The van der Waals surface area contributed by atoms with Crippen LogP contribution in [0, 0.1) is 26.7 Å². The topological polar surface area (TPSA) is 12.0 Å². The van der Waals surface area contributed by atoms with Crippen molar-refractivity contribution in [3.05, 3.63) is 34.4 Å². The molecular formula is C14H21N. The normalized spacial score (nSPS) is 24.3. The van der Waals surface area contributed by atoms with Crippen LogP contribution >= 0.6 is 0 Å². The van der Waals surface area contributed by atoms with Gasteiger partial charge in [-0.25, -0.2) is 0 Å². The van der Waals surface area contributed by atoms with Crippen molar-refractivity contribution in [2.45, 2.75) is 33.1 Å². The zero-order valence-electron chi connectivity index (χ0n) is 10.2. The van der Waals surface area contributed by atoms with Crippen molar-refractivity contribution in [1.82, 2.24) is 5.32 Å². The SMILES string of the molecule is CNCC1CC1c1c(C)cc(C)cc1C. The van der Waals surface area contributed by atoms with E-state index in [9.17, 15) is 0 Å². The highest BCUT2D eigenvalue weighted by molar-refractivity contribution is 5.42. The van der Waals surface area contributed by atoms with Crippen molar-refractivity contribution in [2.75, 3.05) is 13.6 Å². The quantitative estimate of drug-likeness (QED) is 0.796. The lowest BCUT2D eigenvalue weighted by atomic mass is 9.95. The van der Waals surface area contributed by atoms with Gasteiger partial charge >= 0.3 is 0 Å². The molecule has 0 radical (unpaired) electrons. The summed E-state index contributed by atoms with van der Waals surface area (Å²) in [6.45, 7) is 7.85. The Balaban J connectivity index is 2.23. The van der Waals surface area contributed by atoms with E-state index in [0.29, 0.717) is 0 Å². The van der Waals surface area contributed by atoms with Crippen LogP contribution in [0.25, 0.3) is 0 Å². The summed E-state index contributed by atoms with van der Waals surface area (Å²) in [6.07, 6.45) is 1.37. The molecule has 2 unspecified atom stereocenters. The number of nitrogens with one attached hydrogen (secondary N) is 1. The van der Waals surface area contributed by atoms with Crippen LogP contribution in [0.1, 0.15) is 34.6 Å². The Morgan fingerprint density at radius 2 is 1.80 bits per heavy atom. The van der Waals surface area contributed by atoms with E-state index in [-0.39, 0.29) is 0 Å². The van der Waals surface area contributed by atoms with Crippen LogP contribution in [0.2, 0.25) is 0 Å². The Labute approximate surface area is 92.9 Å². The lowest BCUT2D eigenvalue weighted by Gasteiger charge is -2.11. The maximum absolute atomic E-state index is 3.28. The molecule has 0 aliphatic heterocycles. The number of aryl methyl sites for hydroxylation is 3. The summed E-state index contributed by atoms with van der Waals surface area (Å²) in [4.78, 5) is 0. The van der Waals surface area contributed by atoms with Gasteiger partial charge in [-0.05, 0) is 69.3 Å². The summed E-state index contributed by atoms with van der Waals surface area (Å²) < 4.78 is 0. The lowest BCUT2D eigenvalue weighted by molar-refractivity contribution is 0.696. The van der Waals surface area contributed by atoms with Gasteiger partial charge in [0.15, 0.2) is 0 Å². The molecule has 0 saturated heterocycles. The van der Waals surface area contributed by atoms with Crippen LogP contribution in [0.15, 0.2) is 12.1 Å². The van der Waals surface area contributed by atoms with E-state index in [1.54, 1.807) is 5.56 Å². The van der Waals surface area contributed by atoms with E-state index in [1.165, 1.54) is 23.1 Å². The van der Waals surface area contributed by atoms with Crippen molar-refractivity contribution < 1.29 is 0 Å². The minimum Gasteiger partial charge on any atom is -0.319 e. The molecule has 0 aromatic heterocycles. The van der Waals surface area contributed by atoms with Gasteiger partial charge in [0.1, 0.15) is 0 Å². The Morgan fingerprint density at radius 3 is 2.33 bits per heavy atom. The van der Waals surface area contributed by atoms with E-state index in [0.717, 1.165) is 18.4 Å². The Hall–Kier alpha value is -0.820. The molecule has 2 rings (SSSR count). The maximum atomic E-state index is 3.28. The minimum atomic E-state index is 0.818. The van der Waals surface area contributed by atoms with E-state index in [2.05, 4.69) is 38.2 Å². The van der Waals surface area contributed by atoms with E-state index < -0.39 is 0 Å². The standard InChI is InChI=1S/C14H21N/c1-9-5-10(2)14(11(3)6-9)13-7-12(13)8-15-4/h5-6,12-13,15H,7-8H2,1-4H3. The van der Waals surface area contributed by atoms with Gasteiger partial charge in [-0.1, -0.05) is 17.7 Å². The summed E-state index contributed by atoms with van der Waals surface area (Å²) in [6, 6.07) is 4.63. The third-order valence-corrected chi connectivity index (χ3v) is 3.50. The van der Waals surface area contributed by atoms with Crippen molar-refractivity contribution in [1.29, 1.82) is 0 Å². The van der Waals surface area contributed by atoms with Gasteiger partial charge in [-0.2, -0.15) is 0 Å². The fraction of sp³-hybridized carbons (Fsp3) is 0.571. The predicted octanol–water partition coefficient (Wildman–Crippen LogP) is 2.93.